The van der Waals surface area contributed by atoms with Gasteiger partial charge >= 0.3 is 0 Å². The summed E-state index contributed by atoms with van der Waals surface area (Å²) in [5, 5.41) is 0. The van der Waals surface area contributed by atoms with Crippen molar-refractivity contribution < 1.29 is 9.53 Å². The molecule has 0 aliphatic heterocycles. The van der Waals surface area contributed by atoms with E-state index in [1.54, 1.807) is 6.08 Å². The highest BCUT2D eigenvalue weighted by Gasteiger charge is 2.29. The van der Waals surface area contributed by atoms with Crippen LogP contribution >= 0.6 is 0 Å². The molecule has 0 aromatic rings. The zero-order valence-electron chi connectivity index (χ0n) is 10.1. The van der Waals surface area contributed by atoms with Crippen molar-refractivity contribution in [1.29, 1.82) is 0 Å². The predicted molar refractivity (Wildman–Crippen MR) is 61.8 cm³/mol. The minimum absolute atomic E-state index is 0.101. The number of carbonyl (C=O) groups is 1. The van der Waals surface area contributed by atoms with Gasteiger partial charge in [-0.1, -0.05) is 39.7 Å². The summed E-state index contributed by atoms with van der Waals surface area (Å²) < 4.78 is 5.63. The molecule has 0 aromatic heterocycles. The van der Waals surface area contributed by atoms with Gasteiger partial charge in [-0.3, -0.25) is 4.79 Å². The SMILES string of the molecule is CCCCCOC1CC(C)(C)C=CC1=O. The number of ether oxygens (including phenoxy) is 1. The minimum atomic E-state index is -0.207. The van der Waals surface area contributed by atoms with Crippen molar-refractivity contribution in [2.75, 3.05) is 6.61 Å². The van der Waals surface area contributed by atoms with Crippen LogP contribution in [0.4, 0.5) is 0 Å². The summed E-state index contributed by atoms with van der Waals surface area (Å²) >= 11 is 0. The van der Waals surface area contributed by atoms with E-state index in [-0.39, 0.29) is 17.3 Å². The van der Waals surface area contributed by atoms with Crippen molar-refractivity contribution in [3.05, 3.63) is 12.2 Å². The van der Waals surface area contributed by atoms with Crippen LogP contribution in [-0.4, -0.2) is 18.5 Å². The molecule has 1 unspecified atom stereocenters. The molecule has 1 aliphatic carbocycles. The van der Waals surface area contributed by atoms with Gasteiger partial charge in [0.25, 0.3) is 0 Å². The third-order valence-electron chi connectivity index (χ3n) is 2.79. The molecular formula is C13H22O2. The smallest absolute Gasteiger partial charge is 0.184 e. The molecule has 0 N–H and O–H groups in total. The standard InChI is InChI=1S/C13H22O2/c1-4-5-6-9-15-12-10-13(2,3)8-7-11(12)14/h7-8,12H,4-6,9-10H2,1-3H3. The first-order valence-corrected chi connectivity index (χ1v) is 5.90. The van der Waals surface area contributed by atoms with Gasteiger partial charge in [0.15, 0.2) is 5.78 Å². The zero-order chi connectivity index (χ0) is 11.3. The van der Waals surface area contributed by atoms with E-state index in [0.717, 1.165) is 12.8 Å². The first kappa shape index (κ1) is 12.4. The molecule has 86 valence electrons. The van der Waals surface area contributed by atoms with Crippen LogP contribution in [0.5, 0.6) is 0 Å². The molecule has 1 rings (SSSR count). The summed E-state index contributed by atoms with van der Waals surface area (Å²) in [6.07, 6.45) is 7.70. The largest absolute Gasteiger partial charge is 0.370 e. The molecule has 0 saturated carbocycles. The van der Waals surface area contributed by atoms with E-state index in [1.165, 1.54) is 12.8 Å². The molecule has 0 spiro atoms. The second kappa shape index (κ2) is 5.45. The highest BCUT2D eigenvalue weighted by atomic mass is 16.5. The van der Waals surface area contributed by atoms with Crippen molar-refractivity contribution in [2.45, 2.75) is 52.6 Å². The van der Waals surface area contributed by atoms with Gasteiger partial charge < -0.3 is 4.74 Å². The number of rotatable bonds is 5. The van der Waals surface area contributed by atoms with Crippen LogP contribution in [-0.2, 0) is 9.53 Å². The summed E-state index contributed by atoms with van der Waals surface area (Å²) in [4.78, 5) is 11.5. The van der Waals surface area contributed by atoms with Gasteiger partial charge in [-0.15, -0.1) is 0 Å². The van der Waals surface area contributed by atoms with Crippen LogP contribution in [0.3, 0.4) is 0 Å². The average molecular weight is 210 g/mol. The molecule has 1 atom stereocenters. The molecule has 0 heterocycles. The first-order valence-electron chi connectivity index (χ1n) is 5.90. The third kappa shape index (κ3) is 4.17. The Morgan fingerprint density at radius 2 is 2.20 bits per heavy atom. The lowest BCUT2D eigenvalue weighted by Gasteiger charge is -2.29. The molecule has 15 heavy (non-hydrogen) atoms. The van der Waals surface area contributed by atoms with Crippen molar-refractivity contribution >= 4 is 5.78 Å². The number of hydrogen-bond acceptors (Lipinski definition) is 2. The maximum Gasteiger partial charge on any atom is 0.184 e. The fourth-order valence-corrected chi connectivity index (χ4v) is 1.78. The molecule has 0 fully saturated rings. The number of carbonyl (C=O) groups excluding carboxylic acids is 1. The fraction of sp³-hybridized carbons (Fsp3) is 0.769. The number of allylic oxidation sites excluding steroid dienone is 1. The van der Waals surface area contributed by atoms with Crippen LogP contribution in [0.1, 0.15) is 46.5 Å². The van der Waals surface area contributed by atoms with Crippen molar-refractivity contribution in [2.24, 2.45) is 5.41 Å². The molecular weight excluding hydrogens is 188 g/mol. The van der Waals surface area contributed by atoms with Gasteiger partial charge in [0, 0.05) is 6.61 Å². The van der Waals surface area contributed by atoms with Gasteiger partial charge in [0.2, 0.25) is 0 Å². The Labute approximate surface area is 92.7 Å². The van der Waals surface area contributed by atoms with Gasteiger partial charge in [-0.05, 0) is 24.3 Å². The molecule has 0 saturated heterocycles. The summed E-state index contributed by atoms with van der Waals surface area (Å²) in [5.74, 6) is 0.130. The van der Waals surface area contributed by atoms with Crippen LogP contribution < -0.4 is 0 Å². The maximum absolute atomic E-state index is 11.5. The lowest BCUT2D eigenvalue weighted by molar-refractivity contribution is -0.128. The number of unbranched alkanes of at least 4 members (excludes halogenated alkanes) is 2. The van der Waals surface area contributed by atoms with Crippen LogP contribution in [0.25, 0.3) is 0 Å². The molecule has 2 heteroatoms. The number of hydrogen-bond donors (Lipinski definition) is 0. The Hall–Kier alpha value is -0.630. The van der Waals surface area contributed by atoms with E-state index in [4.69, 9.17) is 4.74 Å². The highest BCUT2D eigenvalue weighted by Crippen LogP contribution is 2.29. The van der Waals surface area contributed by atoms with Crippen LogP contribution in [0, 0.1) is 5.41 Å². The fourth-order valence-electron chi connectivity index (χ4n) is 1.78. The highest BCUT2D eigenvalue weighted by molar-refractivity contribution is 5.94. The second-order valence-electron chi connectivity index (χ2n) is 4.99. The third-order valence-corrected chi connectivity index (χ3v) is 2.79. The van der Waals surface area contributed by atoms with Crippen molar-refractivity contribution in [1.82, 2.24) is 0 Å². The molecule has 2 nitrogen and oxygen atoms in total. The van der Waals surface area contributed by atoms with E-state index in [9.17, 15) is 4.79 Å². The minimum Gasteiger partial charge on any atom is -0.370 e. The zero-order valence-corrected chi connectivity index (χ0v) is 10.1. The summed E-state index contributed by atoms with van der Waals surface area (Å²) in [5.41, 5.74) is 0.101. The Balaban J connectivity index is 2.35. The summed E-state index contributed by atoms with van der Waals surface area (Å²) in [6, 6.07) is 0. The van der Waals surface area contributed by atoms with E-state index in [0.29, 0.717) is 6.61 Å². The van der Waals surface area contributed by atoms with Crippen LogP contribution in [0.15, 0.2) is 12.2 Å². The molecule has 0 aromatic carbocycles. The Morgan fingerprint density at radius 3 is 2.87 bits per heavy atom. The number of ketones is 1. The van der Waals surface area contributed by atoms with Crippen LogP contribution in [0.2, 0.25) is 0 Å². The Bertz CT molecular complexity index is 241. The second-order valence-corrected chi connectivity index (χ2v) is 4.99. The quantitative estimate of drug-likeness (QED) is 0.652. The molecule has 1 aliphatic rings. The molecule has 0 bridgehead atoms. The maximum atomic E-state index is 11.5. The first-order chi connectivity index (χ1) is 7.05. The van der Waals surface area contributed by atoms with Gasteiger partial charge in [0.05, 0.1) is 0 Å². The monoisotopic (exact) mass is 210 g/mol. The average Bonchev–Trinajstić information content (AvgIpc) is 2.18. The van der Waals surface area contributed by atoms with E-state index < -0.39 is 0 Å². The van der Waals surface area contributed by atoms with E-state index in [1.807, 2.05) is 6.08 Å². The summed E-state index contributed by atoms with van der Waals surface area (Å²) in [7, 11) is 0. The van der Waals surface area contributed by atoms with E-state index in [2.05, 4.69) is 20.8 Å². The van der Waals surface area contributed by atoms with Crippen molar-refractivity contribution in [3.63, 3.8) is 0 Å². The normalized spacial score (nSPS) is 24.5. The van der Waals surface area contributed by atoms with E-state index >= 15 is 0 Å². The van der Waals surface area contributed by atoms with Gasteiger partial charge in [-0.25, -0.2) is 0 Å². The van der Waals surface area contributed by atoms with Gasteiger partial charge in [0.1, 0.15) is 6.10 Å². The topological polar surface area (TPSA) is 26.3 Å². The van der Waals surface area contributed by atoms with Crippen molar-refractivity contribution in [3.8, 4) is 0 Å². The Morgan fingerprint density at radius 1 is 1.47 bits per heavy atom. The molecule has 0 radical (unpaired) electrons. The summed E-state index contributed by atoms with van der Waals surface area (Å²) in [6.45, 7) is 7.16. The van der Waals surface area contributed by atoms with Gasteiger partial charge in [-0.2, -0.15) is 0 Å². The molecule has 0 amide bonds. The lowest BCUT2D eigenvalue weighted by atomic mass is 9.81. The lowest BCUT2D eigenvalue weighted by Crippen LogP contribution is -2.32. The Kier molecular flexibility index (Phi) is 4.52. The predicted octanol–water partition coefficient (Wildman–Crippen LogP) is 3.12.